The lowest BCUT2D eigenvalue weighted by atomic mass is 9.85. The predicted octanol–water partition coefficient (Wildman–Crippen LogP) is 3.59. The van der Waals surface area contributed by atoms with E-state index in [9.17, 15) is 9.59 Å². The van der Waals surface area contributed by atoms with E-state index < -0.39 is 11.4 Å². The van der Waals surface area contributed by atoms with Crippen molar-refractivity contribution in [3.05, 3.63) is 28.2 Å². The average Bonchev–Trinajstić information content (AvgIpc) is 2.19. The van der Waals surface area contributed by atoms with Crippen molar-refractivity contribution in [1.82, 2.24) is 0 Å². The number of hydrogen-bond acceptors (Lipinski definition) is 2. The second kappa shape index (κ2) is 6.19. The minimum Gasteiger partial charge on any atom is -0.481 e. The molecule has 104 valence electrons. The summed E-state index contributed by atoms with van der Waals surface area (Å²) < 4.78 is 0.953. The third kappa shape index (κ3) is 5.42. The number of aliphatic carboxylic acids is 1. The van der Waals surface area contributed by atoms with Crippen LogP contribution in [0.5, 0.6) is 0 Å². The molecule has 0 spiro atoms. The molecule has 1 amide bonds. The molecule has 0 fully saturated rings. The Morgan fingerprint density at radius 1 is 1.32 bits per heavy atom. The Morgan fingerprint density at radius 3 is 2.47 bits per heavy atom. The quantitative estimate of drug-likeness (QED) is 0.868. The number of carbonyl (C=O) groups is 2. The second-order valence-electron chi connectivity index (χ2n) is 5.42. The Bertz CT molecular complexity index is 497. The summed E-state index contributed by atoms with van der Waals surface area (Å²) in [6, 6.07) is 5.59. The SMILES string of the molecule is Cc1cc(Br)ccc1NC(=O)CC(C)(C)CC(=O)O. The van der Waals surface area contributed by atoms with Gasteiger partial charge in [0.1, 0.15) is 0 Å². The molecule has 1 aromatic rings. The fourth-order valence-corrected chi connectivity index (χ4v) is 2.34. The summed E-state index contributed by atoms with van der Waals surface area (Å²) in [6.45, 7) is 5.45. The van der Waals surface area contributed by atoms with Gasteiger partial charge in [0.25, 0.3) is 0 Å². The van der Waals surface area contributed by atoms with Crippen LogP contribution in [0.4, 0.5) is 5.69 Å². The summed E-state index contributed by atoms with van der Waals surface area (Å²) in [7, 11) is 0. The lowest BCUT2D eigenvalue weighted by molar-refractivity contribution is -0.139. The van der Waals surface area contributed by atoms with Crippen molar-refractivity contribution in [2.75, 3.05) is 5.32 Å². The number of hydrogen-bond donors (Lipinski definition) is 2. The standard InChI is InChI=1S/C14H18BrNO3/c1-9-6-10(15)4-5-11(9)16-12(17)7-14(2,3)8-13(18)19/h4-6H,7-8H2,1-3H3,(H,16,17)(H,18,19). The van der Waals surface area contributed by atoms with E-state index >= 15 is 0 Å². The molecule has 1 aromatic carbocycles. The summed E-state index contributed by atoms with van der Waals surface area (Å²) in [5.41, 5.74) is 1.15. The van der Waals surface area contributed by atoms with E-state index in [2.05, 4.69) is 21.2 Å². The second-order valence-corrected chi connectivity index (χ2v) is 6.33. The molecule has 0 radical (unpaired) electrons. The maximum atomic E-state index is 11.9. The van der Waals surface area contributed by atoms with Crippen molar-refractivity contribution in [1.29, 1.82) is 0 Å². The molecular weight excluding hydrogens is 310 g/mol. The van der Waals surface area contributed by atoms with E-state index in [1.165, 1.54) is 0 Å². The maximum absolute atomic E-state index is 11.9. The van der Waals surface area contributed by atoms with E-state index in [1.54, 1.807) is 13.8 Å². The van der Waals surface area contributed by atoms with Crippen LogP contribution in [0.3, 0.4) is 0 Å². The molecule has 0 atom stereocenters. The van der Waals surface area contributed by atoms with Crippen molar-refractivity contribution in [3.8, 4) is 0 Å². The van der Waals surface area contributed by atoms with Crippen LogP contribution in [0.15, 0.2) is 22.7 Å². The Kier molecular flexibility index (Phi) is 5.11. The molecular formula is C14H18BrNO3. The average molecular weight is 328 g/mol. The summed E-state index contributed by atoms with van der Waals surface area (Å²) in [5, 5.41) is 11.6. The monoisotopic (exact) mass is 327 g/mol. The molecule has 0 aliphatic carbocycles. The Morgan fingerprint density at radius 2 is 1.95 bits per heavy atom. The number of rotatable bonds is 5. The number of anilines is 1. The van der Waals surface area contributed by atoms with Crippen molar-refractivity contribution in [3.63, 3.8) is 0 Å². The van der Waals surface area contributed by atoms with Crippen LogP contribution >= 0.6 is 15.9 Å². The van der Waals surface area contributed by atoms with Crippen LogP contribution in [0, 0.1) is 12.3 Å². The first-order chi connectivity index (χ1) is 8.69. The van der Waals surface area contributed by atoms with E-state index in [0.717, 1.165) is 15.7 Å². The molecule has 0 aromatic heterocycles. The molecule has 2 N–H and O–H groups in total. The molecule has 1 rings (SSSR count). The third-order valence-electron chi connectivity index (χ3n) is 2.73. The summed E-state index contributed by atoms with van der Waals surface area (Å²) in [5.74, 6) is -1.06. The molecule has 4 nitrogen and oxygen atoms in total. The molecule has 19 heavy (non-hydrogen) atoms. The van der Waals surface area contributed by atoms with Gasteiger partial charge in [0.05, 0.1) is 6.42 Å². The number of amides is 1. The summed E-state index contributed by atoms with van der Waals surface area (Å²) >= 11 is 3.36. The first-order valence-corrected chi connectivity index (χ1v) is 6.77. The molecule has 5 heteroatoms. The van der Waals surface area contributed by atoms with E-state index in [-0.39, 0.29) is 18.7 Å². The van der Waals surface area contributed by atoms with Crippen LogP contribution in [0.1, 0.15) is 32.3 Å². The van der Waals surface area contributed by atoms with Gasteiger partial charge in [-0.3, -0.25) is 9.59 Å². The van der Waals surface area contributed by atoms with Gasteiger partial charge in [-0.25, -0.2) is 0 Å². The topological polar surface area (TPSA) is 66.4 Å². The van der Waals surface area contributed by atoms with E-state index in [0.29, 0.717) is 0 Å². The van der Waals surface area contributed by atoms with E-state index in [1.807, 2.05) is 25.1 Å². The molecule has 0 aliphatic rings. The van der Waals surface area contributed by atoms with Crippen molar-refractivity contribution in [2.24, 2.45) is 5.41 Å². The number of carboxylic acid groups (broad SMARTS) is 1. The number of carboxylic acids is 1. The van der Waals surface area contributed by atoms with Gasteiger partial charge < -0.3 is 10.4 Å². The lowest BCUT2D eigenvalue weighted by Gasteiger charge is -2.21. The summed E-state index contributed by atoms with van der Waals surface area (Å²) in [6.07, 6.45) is 0.147. The van der Waals surface area contributed by atoms with Gasteiger partial charge in [0.15, 0.2) is 0 Å². The first-order valence-electron chi connectivity index (χ1n) is 5.97. The normalized spacial score (nSPS) is 11.2. The van der Waals surface area contributed by atoms with Crippen LogP contribution in [-0.2, 0) is 9.59 Å². The Labute approximate surface area is 121 Å². The highest BCUT2D eigenvalue weighted by atomic mass is 79.9. The lowest BCUT2D eigenvalue weighted by Crippen LogP contribution is -2.25. The van der Waals surface area contributed by atoms with Gasteiger partial charge in [-0.1, -0.05) is 29.8 Å². The smallest absolute Gasteiger partial charge is 0.303 e. The number of halogens is 1. The molecule has 0 unspecified atom stereocenters. The third-order valence-corrected chi connectivity index (χ3v) is 3.22. The van der Waals surface area contributed by atoms with Crippen molar-refractivity contribution in [2.45, 2.75) is 33.6 Å². The van der Waals surface area contributed by atoms with Crippen molar-refractivity contribution >= 4 is 33.5 Å². The fraction of sp³-hybridized carbons (Fsp3) is 0.429. The number of benzene rings is 1. The first kappa shape index (κ1) is 15.7. The van der Waals surface area contributed by atoms with Crippen LogP contribution in [-0.4, -0.2) is 17.0 Å². The largest absolute Gasteiger partial charge is 0.481 e. The zero-order valence-corrected chi connectivity index (χ0v) is 12.9. The van der Waals surface area contributed by atoms with Gasteiger partial charge in [-0.05, 0) is 36.1 Å². The summed E-state index contributed by atoms with van der Waals surface area (Å²) in [4.78, 5) is 22.6. The molecule has 0 heterocycles. The van der Waals surface area contributed by atoms with Crippen molar-refractivity contribution < 1.29 is 14.7 Å². The van der Waals surface area contributed by atoms with Gasteiger partial charge in [0.2, 0.25) is 5.91 Å². The number of carbonyl (C=O) groups excluding carboxylic acids is 1. The molecule has 0 aliphatic heterocycles. The minimum atomic E-state index is -0.891. The van der Waals surface area contributed by atoms with Gasteiger partial charge in [-0.15, -0.1) is 0 Å². The van der Waals surface area contributed by atoms with Crippen LogP contribution < -0.4 is 5.32 Å². The van der Waals surface area contributed by atoms with Gasteiger partial charge in [0, 0.05) is 16.6 Å². The number of aryl methyl sites for hydroxylation is 1. The Hall–Kier alpha value is -1.36. The highest BCUT2D eigenvalue weighted by molar-refractivity contribution is 9.10. The fourth-order valence-electron chi connectivity index (χ4n) is 1.87. The molecule has 0 saturated carbocycles. The zero-order valence-electron chi connectivity index (χ0n) is 11.3. The van der Waals surface area contributed by atoms with Gasteiger partial charge in [-0.2, -0.15) is 0 Å². The highest BCUT2D eigenvalue weighted by Gasteiger charge is 2.25. The van der Waals surface area contributed by atoms with Crippen LogP contribution in [0.2, 0.25) is 0 Å². The maximum Gasteiger partial charge on any atom is 0.303 e. The zero-order chi connectivity index (χ0) is 14.6. The van der Waals surface area contributed by atoms with Gasteiger partial charge >= 0.3 is 5.97 Å². The number of nitrogens with one attached hydrogen (secondary N) is 1. The van der Waals surface area contributed by atoms with E-state index in [4.69, 9.17) is 5.11 Å². The molecule has 0 saturated heterocycles. The highest BCUT2D eigenvalue weighted by Crippen LogP contribution is 2.26. The molecule has 0 bridgehead atoms. The van der Waals surface area contributed by atoms with Crippen LogP contribution in [0.25, 0.3) is 0 Å². The predicted molar refractivity (Wildman–Crippen MR) is 78.2 cm³/mol. The Balaban J connectivity index is 2.67. The minimum absolute atomic E-state index is 0.0280.